The summed E-state index contributed by atoms with van der Waals surface area (Å²) in [5, 5.41) is 0.557. The number of methoxy groups -OCH3 is 1. The van der Waals surface area contributed by atoms with Gasteiger partial charge in [-0.1, -0.05) is 17.7 Å². The Morgan fingerprint density at radius 2 is 1.97 bits per heavy atom. The number of carbonyl (C=O) groups excluding carboxylic acids is 2. The first-order valence-electron chi connectivity index (χ1n) is 10.7. The number of benzene rings is 1. The Labute approximate surface area is 177 Å². The summed E-state index contributed by atoms with van der Waals surface area (Å²) in [7, 11) is 1.60. The Morgan fingerprint density at radius 1 is 1.14 bits per heavy atom. The fourth-order valence-electron chi connectivity index (χ4n) is 4.43. The standard InChI is InChI=1S/C22H30ClN3O3/c1-29-18-6-5-17(19(23)14-18)13-21(27)25-9-2-8-24(11-12-25)20-7-10-26(22(20)28)15-16-3-4-16/h5-6,14,16,20H,2-4,7-13,15H2,1H3/t20-/m1/s1. The molecular weight excluding hydrogens is 390 g/mol. The minimum atomic E-state index is -0.000153. The van der Waals surface area contributed by atoms with Crippen LogP contribution in [0.15, 0.2) is 18.2 Å². The lowest BCUT2D eigenvalue weighted by Gasteiger charge is -2.26. The SMILES string of the molecule is COc1ccc(CC(=O)N2CCCN([C@@H]3CCN(CC4CC4)C3=O)CC2)c(Cl)c1. The van der Waals surface area contributed by atoms with Gasteiger partial charge in [-0.2, -0.15) is 0 Å². The third-order valence-electron chi connectivity index (χ3n) is 6.37. The van der Waals surface area contributed by atoms with Crippen LogP contribution in [0.25, 0.3) is 0 Å². The summed E-state index contributed by atoms with van der Waals surface area (Å²) in [5.74, 6) is 1.81. The fraction of sp³-hybridized carbons (Fsp3) is 0.636. The Hall–Kier alpha value is -1.79. The van der Waals surface area contributed by atoms with Crippen molar-refractivity contribution in [3.8, 4) is 5.75 Å². The van der Waals surface area contributed by atoms with Crippen molar-refractivity contribution in [1.29, 1.82) is 0 Å². The van der Waals surface area contributed by atoms with Crippen molar-refractivity contribution >= 4 is 23.4 Å². The maximum atomic E-state index is 12.8. The first-order valence-corrected chi connectivity index (χ1v) is 11.1. The summed E-state index contributed by atoms with van der Waals surface area (Å²) in [5.41, 5.74) is 0.820. The maximum Gasteiger partial charge on any atom is 0.240 e. The number of ether oxygens (including phenoxy) is 1. The van der Waals surface area contributed by atoms with Gasteiger partial charge in [-0.3, -0.25) is 14.5 Å². The second-order valence-electron chi connectivity index (χ2n) is 8.44. The molecule has 1 aromatic carbocycles. The number of likely N-dealkylation sites (tertiary alicyclic amines) is 1. The van der Waals surface area contributed by atoms with Gasteiger partial charge in [0.2, 0.25) is 11.8 Å². The Balaban J connectivity index is 1.31. The third-order valence-corrected chi connectivity index (χ3v) is 6.72. The van der Waals surface area contributed by atoms with Crippen LogP contribution in [0.4, 0.5) is 0 Å². The summed E-state index contributed by atoms with van der Waals surface area (Å²) in [6.45, 7) is 4.86. The van der Waals surface area contributed by atoms with E-state index in [0.29, 0.717) is 29.6 Å². The van der Waals surface area contributed by atoms with Crippen molar-refractivity contribution < 1.29 is 14.3 Å². The van der Waals surface area contributed by atoms with Crippen LogP contribution < -0.4 is 4.74 Å². The van der Waals surface area contributed by atoms with Crippen LogP contribution in [-0.2, 0) is 16.0 Å². The van der Waals surface area contributed by atoms with E-state index in [0.717, 1.165) is 57.0 Å². The summed E-state index contributed by atoms with van der Waals surface area (Å²) >= 11 is 6.30. The summed E-state index contributed by atoms with van der Waals surface area (Å²) in [6.07, 6.45) is 4.65. The topological polar surface area (TPSA) is 53.1 Å². The van der Waals surface area contributed by atoms with E-state index < -0.39 is 0 Å². The Morgan fingerprint density at radius 3 is 2.69 bits per heavy atom. The predicted octanol–water partition coefficient (Wildman–Crippen LogP) is 2.44. The van der Waals surface area contributed by atoms with E-state index in [4.69, 9.17) is 16.3 Å². The number of rotatable bonds is 6. The molecule has 6 nitrogen and oxygen atoms in total. The quantitative estimate of drug-likeness (QED) is 0.710. The first-order chi connectivity index (χ1) is 14.0. The first kappa shape index (κ1) is 20.5. The van der Waals surface area contributed by atoms with E-state index in [9.17, 15) is 9.59 Å². The van der Waals surface area contributed by atoms with Crippen LogP contribution in [0.3, 0.4) is 0 Å². The van der Waals surface area contributed by atoms with Gasteiger partial charge in [0, 0.05) is 44.3 Å². The minimum absolute atomic E-state index is 0.000153. The number of amides is 2. The van der Waals surface area contributed by atoms with Crippen molar-refractivity contribution in [1.82, 2.24) is 14.7 Å². The molecule has 0 unspecified atom stereocenters. The van der Waals surface area contributed by atoms with Crippen LogP contribution in [0.5, 0.6) is 5.75 Å². The third kappa shape index (κ3) is 4.86. The zero-order valence-electron chi connectivity index (χ0n) is 17.1. The molecule has 29 heavy (non-hydrogen) atoms. The van der Waals surface area contributed by atoms with E-state index >= 15 is 0 Å². The molecule has 1 atom stereocenters. The highest BCUT2D eigenvalue weighted by atomic mass is 35.5. The molecule has 7 heteroatoms. The number of hydrogen-bond donors (Lipinski definition) is 0. The van der Waals surface area contributed by atoms with Gasteiger partial charge in [0.05, 0.1) is 19.6 Å². The molecule has 0 radical (unpaired) electrons. The molecule has 2 amide bonds. The highest BCUT2D eigenvalue weighted by Crippen LogP contribution is 2.32. The monoisotopic (exact) mass is 419 g/mol. The molecule has 3 aliphatic rings. The molecular formula is C22H30ClN3O3. The Bertz CT molecular complexity index is 768. The predicted molar refractivity (Wildman–Crippen MR) is 112 cm³/mol. The fourth-order valence-corrected chi connectivity index (χ4v) is 4.66. The van der Waals surface area contributed by atoms with Crippen molar-refractivity contribution in [2.24, 2.45) is 5.92 Å². The van der Waals surface area contributed by atoms with Gasteiger partial charge >= 0.3 is 0 Å². The molecule has 158 valence electrons. The summed E-state index contributed by atoms with van der Waals surface area (Å²) in [6, 6.07) is 5.43. The largest absolute Gasteiger partial charge is 0.497 e. The van der Waals surface area contributed by atoms with E-state index in [-0.39, 0.29) is 11.9 Å². The average Bonchev–Trinajstić information content (AvgIpc) is 3.50. The van der Waals surface area contributed by atoms with E-state index in [1.165, 1.54) is 12.8 Å². The maximum absolute atomic E-state index is 12.8. The molecule has 1 aliphatic carbocycles. The Kier molecular flexibility index (Phi) is 6.30. The molecule has 0 N–H and O–H groups in total. The summed E-state index contributed by atoms with van der Waals surface area (Å²) in [4.78, 5) is 31.9. The smallest absolute Gasteiger partial charge is 0.240 e. The number of halogens is 1. The zero-order valence-corrected chi connectivity index (χ0v) is 17.9. The lowest BCUT2D eigenvalue weighted by atomic mass is 10.1. The molecule has 4 rings (SSSR count). The van der Waals surface area contributed by atoms with Crippen molar-refractivity contribution in [2.75, 3.05) is 46.4 Å². The van der Waals surface area contributed by atoms with Crippen molar-refractivity contribution in [3.05, 3.63) is 28.8 Å². The van der Waals surface area contributed by atoms with Gasteiger partial charge in [-0.15, -0.1) is 0 Å². The molecule has 2 saturated heterocycles. The van der Waals surface area contributed by atoms with Gasteiger partial charge in [-0.05, 0) is 49.3 Å². The number of nitrogens with zero attached hydrogens (tertiary/aromatic N) is 3. The van der Waals surface area contributed by atoms with Crippen molar-refractivity contribution in [2.45, 2.75) is 38.1 Å². The lowest BCUT2D eigenvalue weighted by molar-refractivity contribution is -0.132. The van der Waals surface area contributed by atoms with Crippen LogP contribution in [0, 0.1) is 5.92 Å². The van der Waals surface area contributed by atoms with E-state index in [1.807, 2.05) is 17.0 Å². The average molecular weight is 420 g/mol. The van der Waals surface area contributed by atoms with E-state index in [1.54, 1.807) is 13.2 Å². The second kappa shape index (κ2) is 8.92. The van der Waals surface area contributed by atoms with Gasteiger partial charge in [-0.25, -0.2) is 0 Å². The molecule has 1 saturated carbocycles. The normalized spacial score (nSPS) is 23.4. The highest BCUT2D eigenvalue weighted by molar-refractivity contribution is 6.31. The van der Waals surface area contributed by atoms with Gasteiger partial charge in [0.25, 0.3) is 0 Å². The van der Waals surface area contributed by atoms with Crippen LogP contribution in [0.2, 0.25) is 5.02 Å². The van der Waals surface area contributed by atoms with Crippen LogP contribution in [0.1, 0.15) is 31.2 Å². The molecule has 2 aliphatic heterocycles. The van der Waals surface area contributed by atoms with Crippen LogP contribution in [-0.4, -0.2) is 78.9 Å². The molecule has 1 aromatic rings. The molecule has 2 heterocycles. The number of carbonyl (C=O) groups is 2. The van der Waals surface area contributed by atoms with Crippen LogP contribution >= 0.6 is 11.6 Å². The molecule has 3 fully saturated rings. The molecule has 0 aromatic heterocycles. The van der Waals surface area contributed by atoms with E-state index in [2.05, 4.69) is 9.80 Å². The highest BCUT2D eigenvalue weighted by Gasteiger charge is 2.38. The van der Waals surface area contributed by atoms with Gasteiger partial charge in [0.1, 0.15) is 5.75 Å². The zero-order chi connectivity index (χ0) is 20.4. The lowest BCUT2D eigenvalue weighted by Crippen LogP contribution is -2.44. The van der Waals surface area contributed by atoms with Gasteiger partial charge < -0.3 is 14.5 Å². The van der Waals surface area contributed by atoms with Crippen molar-refractivity contribution in [3.63, 3.8) is 0 Å². The second-order valence-corrected chi connectivity index (χ2v) is 8.84. The minimum Gasteiger partial charge on any atom is -0.497 e. The summed E-state index contributed by atoms with van der Waals surface area (Å²) < 4.78 is 5.17. The number of hydrogen-bond acceptors (Lipinski definition) is 4. The molecule has 0 spiro atoms. The molecule has 0 bridgehead atoms. The van der Waals surface area contributed by atoms with Gasteiger partial charge in [0.15, 0.2) is 0 Å².